The highest BCUT2D eigenvalue weighted by molar-refractivity contribution is 7.88. The molecule has 4 heterocycles. The van der Waals surface area contributed by atoms with Crippen LogP contribution in [0.5, 0.6) is 0 Å². The summed E-state index contributed by atoms with van der Waals surface area (Å²) in [6.45, 7) is 4.00. The van der Waals surface area contributed by atoms with Crippen LogP contribution in [-0.4, -0.2) is 67.2 Å². The van der Waals surface area contributed by atoms with Crippen molar-refractivity contribution in [3.63, 3.8) is 0 Å². The van der Waals surface area contributed by atoms with Gasteiger partial charge < -0.3 is 14.0 Å². The summed E-state index contributed by atoms with van der Waals surface area (Å²) in [4.78, 5) is 19.4. The van der Waals surface area contributed by atoms with Gasteiger partial charge in [0.2, 0.25) is 10.0 Å². The number of rotatable bonds is 4. The number of carbonyl (C=O) groups is 1. The quantitative estimate of drug-likeness (QED) is 0.826. The van der Waals surface area contributed by atoms with E-state index in [1.807, 2.05) is 40.6 Å². The second-order valence-corrected chi connectivity index (χ2v) is 9.26. The summed E-state index contributed by atoms with van der Waals surface area (Å²) >= 11 is 0. The fourth-order valence-electron chi connectivity index (χ4n) is 4.13. The third-order valence-corrected chi connectivity index (χ3v) is 6.30. The van der Waals surface area contributed by atoms with Crippen LogP contribution in [0.4, 0.5) is 0 Å². The van der Waals surface area contributed by atoms with Crippen molar-refractivity contribution in [2.75, 3.05) is 32.5 Å². The minimum absolute atomic E-state index is 0.0728. The van der Waals surface area contributed by atoms with Crippen molar-refractivity contribution < 1.29 is 17.9 Å². The Morgan fingerprint density at radius 1 is 1.41 bits per heavy atom. The molecule has 9 heteroatoms. The number of fused-ring (bicyclic) bond motifs is 2. The molecule has 0 bridgehead atoms. The van der Waals surface area contributed by atoms with E-state index in [1.54, 1.807) is 0 Å². The van der Waals surface area contributed by atoms with Crippen molar-refractivity contribution in [3.05, 3.63) is 35.8 Å². The van der Waals surface area contributed by atoms with Crippen molar-refractivity contribution in [1.29, 1.82) is 0 Å². The van der Waals surface area contributed by atoms with Crippen LogP contribution < -0.4 is 4.72 Å². The summed E-state index contributed by atoms with van der Waals surface area (Å²) in [6.07, 6.45) is 3.70. The molecule has 2 saturated heterocycles. The van der Waals surface area contributed by atoms with Crippen molar-refractivity contribution in [1.82, 2.24) is 19.0 Å². The van der Waals surface area contributed by atoms with E-state index in [0.29, 0.717) is 31.3 Å². The number of aryl methyl sites for hydroxylation is 1. The minimum atomic E-state index is -3.27. The molecule has 2 aliphatic rings. The molecular formula is C18H24N4O4S. The van der Waals surface area contributed by atoms with Gasteiger partial charge in [-0.15, -0.1) is 0 Å². The molecule has 146 valence electrons. The molecule has 8 nitrogen and oxygen atoms in total. The number of pyridine rings is 1. The van der Waals surface area contributed by atoms with Crippen LogP contribution in [0.2, 0.25) is 0 Å². The fourth-order valence-corrected chi connectivity index (χ4v) is 4.60. The minimum Gasteiger partial charge on any atom is -0.376 e. The Kier molecular flexibility index (Phi) is 4.69. The maximum absolute atomic E-state index is 13.1. The SMILES string of the molecule is Cc1c(C(=O)N2CC[C@H]3CO[C@H](CNS(C)(=O)=O)[C@H]3C2)nc2ccccn12. The third kappa shape index (κ3) is 3.59. The number of hydrogen-bond donors (Lipinski definition) is 1. The van der Waals surface area contributed by atoms with E-state index < -0.39 is 10.0 Å². The first-order valence-corrected chi connectivity index (χ1v) is 11.0. The van der Waals surface area contributed by atoms with Crippen LogP contribution in [-0.2, 0) is 14.8 Å². The van der Waals surface area contributed by atoms with Crippen molar-refractivity contribution in [3.8, 4) is 0 Å². The number of hydrogen-bond acceptors (Lipinski definition) is 5. The standard InChI is InChI=1S/C18H24N4O4S/c1-12-17(20-16-5-3-4-7-22(12)16)18(23)21-8-6-13-11-26-15(14(13)10-21)9-19-27(2,24)25/h3-5,7,13-15,19H,6,8-11H2,1-2H3/t13-,14-,15+/m0/s1. The van der Waals surface area contributed by atoms with E-state index in [2.05, 4.69) is 9.71 Å². The highest BCUT2D eigenvalue weighted by atomic mass is 32.2. The molecule has 4 rings (SSSR count). The average molecular weight is 392 g/mol. The van der Waals surface area contributed by atoms with E-state index in [9.17, 15) is 13.2 Å². The van der Waals surface area contributed by atoms with Gasteiger partial charge in [0.05, 0.1) is 24.7 Å². The molecule has 2 aromatic rings. The second-order valence-electron chi connectivity index (χ2n) is 7.43. The molecule has 0 aliphatic carbocycles. The number of nitrogens with zero attached hydrogens (tertiary/aromatic N) is 3. The van der Waals surface area contributed by atoms with Crippen LogP contribution >= 0.6 is 0 Å². The first kappa shape index (κ1) is 18.4. The normalized spacial score (nSPS) is 25.7. The number of sulfonamides is 1. The first-order chi connectivity index (χ1) is 12.8. The lowest BCUT2D eigenvalue weighted by molar-refractivity contribution is 0.0558. The summed E-state index contributed by atoms with van der Waals surface area (Å²) in [5.74, 6) is 0.424. The Morgan fingerprint density at radius 3 is 2.96 bits per heavy atom. The molecule has 2 aliphatic heterocycles. The Morgan fingerprint density at radius 2 is 2.22 bits per heavy atom. The van der Waals surface area contributed by atoms with Crippen LogP contribution in [0.25, 0.3) is 5.65 Å². The zero-order chi connectivity index (χ0) is 19.2. The van der Waals surface area contributed by atoms with Crippen LogP contribution in [0.1, 0.15) is 22.6 Å². The lowest BCUT2D eigenvalue weighted by Crippen LogP contribution is -2.47. The van der Waals surface area contributed by atoms with Gasteiger partial charge in [0.15, 0.2) is 0 Å². The summed E-state index contributed by atoms with van der Waals surface area (Å²) in [5.41, 5.74) is 2.06. The van der Waals surface area contributed by atoms with Gasteiger partial charge in [-0.1, -0.05) is 6.07 Å². The highest BCUT2D eigenvalue weighted by Gasteiger charge is 2.42. The maximum Gasteiger partial charge on any atom is 0.274 e. The van der Waals surface area contributed by atoms with E-state index in [1.165, 1.54) is 0 Å². The van der Waals surface area contributed by atoms with Crippen molar-refractivity contribution in [2.24, 2.45) is 11.8 Å². The summed E-state index contributed by atoms with van der Waals surface area (Å²) in [6, 6.07) is 5.70. The third-order valence-electron chi connectivity index (χ3n) is 5.61. The molecule has 0 aromatic carbocycles. The number of carbonyl (C=O) groups excluding carboxylic acids is 1. The smallest absolute Gasteiger partial charge is 0.274 e. The molecule has 2 aromatic heterocycles. The molecule has 3 atom stereocenters. The predicted molar refractivity (Wildman–Crippen MR) is 100 cm³/mol. The lowest BCUT2D eigenvalue weighted by atomic mass is 9.84. The number of amides is 1. The number of aromatic nitrogens is 2. The average Bonchev–Trinajstić information content (AvgIpc) is 3.20. The predicted octanol–water partition coefficient (Wildman–Crippen LogP) is 0.669. The molecule has 0 radical (unpaired) electrons. The number of nitrogens with one attached hydrogen (secondary N) is 1. The Hall–Kier alpha value is -1.97. The molecule has 2 fully saturated rings. The van der Waals surface area contributed by atoms with E-state index >= 15 is 0 Å². The number of imidazole rings is 1. The Balaban J connectivity index is 1.51. The molecule has 0 saturated carbocycles. The van der Waals surface area contributed by atoms with Gasteiger partial charge in [-0.3, -0.25) is 4.79 Å². The van der Waals surface area contributed by atoms with Gasteiger partial charge in [-0.2, -0.15) is 0 Å². The van der Waals surface area contributed by atoms with Gasteiger partial charge >= 0.3 is 0 Å². The molecular weight excluding hydrogens is 368 g/mol. The second kappa shape index (κ2) is 6.88. The van der Waals surface area contributed by atoms with Crippen molar-refractivity contribution in [2.45, 2.75) is 19.4 Å². The van der Waals surface area contributed by atoms with Gasteiger partial charge in [-0.25, -0.2) is 18.1 Å². The molecule has 27 heavy (non-hydrogen) atoms. The molecule has 1 amide bonds. The topological polar surface area (TPSA) is 93.0 Å². The number of likely N-dealkylation sites (tertiary alicyclic amines) is 1. The lowest BCUT2D eigenvalue weighted by Gasteiger charge is -2.35. The first-order valence-electron chi connectivity index (χ1n) is 9.12. The maximum atomic E-state index is 13.1. The van der Waals surface area contributed by atoms with Gasteiger partial charge in [0, 0.05) is 31.7 Å². The zero-order valence-corrected chi connectivity index (χ0v) is 16.3. The van der Waals surface area contributed by atoms with Gasteiger partial charge in [0.25, 0.3) is 5.91 Å². The van der Waals surface area contributed by atoms with E-state index in [4.69, 9.17) is 4.74 Å². The summed E-state index contributed by atoms with van der Waals surface area (Å²) in [7, 11) is -3.27. The number of piperidine rings is 1. The van der Waals surface area contributed by atoms with E-state index in [0.717, 1.165) is 24.0 Å². The van der Waals surface area contributed by atoms with Gasteiger partial charge in [-0.05, 0) is 31.4 Å². The van der Waals surface area contributed by atoms with Gasteiger partial charge in [0.1, 0.15) is 11.3 Å². The summed E-state index contributed by atoms with van der Waals surface area (Å²) in [5, 5.41) is 0. The summed E-state index contributed by atoms with van der Waals surface area (Å²) < 4.78 is 33.0. The Bertz CT molecular complexity index is 971. The Labute approximate surface area is 158 Å². The highest BCUT2D eigenvalue weighted by Crippen LogP contribution is 2.34. The number of ether oxygens (including phenoxy) is 1. The zero-order valence-electron chi connectivity index (χ0n) is 15.5. The van der Waals surface area contributed by atoms with Crippen molar-refractivity contribution >= 4 is 21.6 Å². The van der Waals surface area contributed by atoms with E-state index in [-0.39, 0.29) is 24.5 Å². The monoisotopic (exact) mass is 392 g/mol. The fraction of sp³-hybridized carbons (Fsp3) is 0.556. The molecule has 0 spiro atoms. The van der Waals surface area contributed by atoms with Crippen LogP contribution in [0, 0.1) is 18.8 Å². The molecule has 1 N–H and O–H groups in total. The van der Waals surface area contributed by atoms with Crippen LogP contribution in [0.3, 0.4) is 0 Å². The molecule has 0 unspecified atom stereocenters. The largest absolute Gasteiger partial charge is 0.376 e. The van der Waals surface area contributed by atoms with Crippen LogP contribution in [0.15, 0.2) is 24.4 Å².